The minimum atomic E-state index is -3.41. The lowest BCUT2D eigenvalue weighted by Crippen LogP contribution is -2.27. The molecule has 0 aromatic heterocycles. The first-order chi connectivity index (χ1) is 6.12. The van der Waals surface area contributed by atoms with Crippen LogP contribution in [-0.4, -0.2) is 45.4 Å². The summed E-state index contributed by atoms with van der Waals surface area (Å²) in [6, 6.07) is 0. The van der Waals surface area contributed by atoms with Crippen LogP contribution in [0.25, 0.3) is 0 Å². The molecule has 0 fully saturated rings. The van der Waals surface area contributed by atoms with Gasteiger partial charge in [-0.25, -0.2) is 10.2 Å². The van der Waals surface area contributed by atoms with Crippen molar-refractivity contribution >= 4 is 7.67 Å². The molecule has 0 spiro atoms. The molecule has 0 radical (unpaired) electrons. The molecule has 0 amide bonds. The minimum Gasteiger partial charge on any atom is -0.383 e. The van der Waals surface area contributed by atoms with Gasteiger partial charge < -0.3 is 14.4 Å². The number of methoxy groups -OCH3 is 2. The molecule has 80 valence electrons. The molecule has 0 aliphatic carbocycles. The summed E-state index contributed by atoms with van der Waals surface area (Å²) in [5.41, 5.74) is 0. The maximum Gasteiger partial charge on any atom is 0.338 e. The van der Waals surface area contributed by atoms with Gasteiger partial charge in [0.05, 0.1) is 13.2 Å². The van der Waals surface area contributed by atoms with E-state index in [1.54, 1.807) is 0 Å². The van der Waals surface area contributed by atoms with Crippen LogP contribution in [-0.2, 0) is 14.0 Å². The van der Waals surface area contributed by atoms with Crippen LogP contribution >= 0.6 is 7.67 Å². The Morgan fingerprint density at radius 1 is 1.15 bits per heavy atom. The van der Waals surface area contributed by atoms with Crippen LogP contribution in [0.5, 0.6) is 0 Å². The van der Waals surface area contributed by atoms with E-state index in [0.29, 0.717) is 26.3 Å². The van der Waals surface area contributed by atoms with Crippen LogP contribution in [0.4, 0.5) is 0 Å². The fraction of sp³-hybridized carbons (Fsp3) is 1.00. The maximum atomic E-state index is 11.2. The average Bonchev–Trinajstić information content (AvgIpc) is 2.05. The van der Waals surface area contributed by atoms with Gasteiger partial charge in [-0.1, -0.05) is 0 Å². The molecule has 6 nitrogen and oxygen atoms in total. The molecule has 0 saturated heterocycles. The lowest BCUT2D eigenvalue weighted by molar-refractivity contribution is 0.199. The second-order valence-corrected chi connectivity index (χ2v) is 4.16. The normalized spacial score (nSPS) is 11.9. The molecule has 0 bridgehead atoms. The van der Waals surface area contributed by atoms with Gasteiger partial charge in [0, 0.05) is 27.3 Å². The molecule has 3 N–H and O–H groups in total. The molecule has 7 heteroatoms. The monoisotopic (exact) mass is 212 g/mol. The van der Waals surface area contributed by atoms with Crippen LogP contribution in [0.3, 0.4) is 0 Å². The number of ether oxygens (including phenoxy) is 2. The third kappa shape index (κ3) is 8.36. The van der Waals surface area contributed by atoms with Crippen LogP contribution < -0.4 is 10.2 Å². The highest BCUT2D eigenvalue weighted by Gasteiger charge is 2.14. The van der Waals surface area contributed by atoms with E-state index in [1.165, 1.54) is 14.2 Å². The van der Waals surface area contributed by atoms with E-state index in [9.17, 15) is 9.46 Å². The Morgan fingerprint density at radius 2 is 1.54 bits per heavy atom. The summed E-state index contributed by atoms with van der Waals surface area (Å²) >= 11 is 0. The van der Waals surface area contributed by atoms with Gasteiger partial charge in [-0.2, -0.15) is 0 Å². The molecule has 0 rings (SSSR count). The quantitative estimate of drug-likeness (QED) is 0.374. The molecule has 0 atom stereocenters. The Hall–Kier alpha value is 0.0300. The maximum absolute atomic E-state index is 11.2. The Bertz CT molecular complexity index is 153. The summed E-state index contributed by atoms with van der Waals surface area (Å²) < 4.78 is 20.6. The van der Waals surface area contributed by atoms with E-state index in [1.807, 2.05) is 0 Å². The van der Waals surface area contributed by atoms with E-state index >= 15 is 0 Å². The number of hydrogen-bond acceptors (Lipinski definition) is 3. The van der Waals surface area contributed by atoms with E-state index in [-0.39, 0.29) is 0 Å². The number of nitrogens with one attached hydrogen (secondary N) is 2. The lowest BCUT2D eigenvalue weighted by atomic mass is 10.7. The summed E-state index contributed by atoms with van der Waals surface area (Å²) in [5.74, 6) is 0. The van der Waals surface area contributed by atoms with Crippen molar-refractivity contribution in [3.8, 4) is 0 Å². The lowest BCUT2D eigenvalue weighted by Gasteiger charge is -2.13. The highest BCUT2D eigenvalue weighted by atomic mass is 31.2. The van der Waals surface area contributed by atoms with Gasteiger partial charge in [0.25, 0.3) is 0 Å². The standard InChI is InChI=1S/C6H17N2O4P/c1-11-5-3-7-13(9,10)8-4-6-12-2/h3-6H2,1-2H3,(H3,7,8,9,10). The smallest absolute Gasteiger partial charge is 0.338 e. The first kappa shape index (κ1) is 13.0. The van der Waals surface area contributed by atoms with E-state index in [0.717, 1.165) is 0 Å². The molecule has 0 unspecified atom stereocenters. The number of hydrogen-bond donors (Lipinski definition) is 3. The summed E-state index contributed by atoms with van der Waals surface area (Å²) in [6.07, 6.45) is 0. The highest BCUT2D eigenvalue weighted by molar-refractivity contribution is 7.53. The predicted octanol–water partition coefficient (Wildman–Crippen LogP) is -0.441. The average molecular weight is 212 g/mol. The molecule has 0 saturated carbocycles. The Balaban J connectivity index is 3.49. The van der Waals surface area contributed by atoms with Crippen molar-refractivity contribution in [2.24, 2.45) is 0 Å². The van der Waals surface area contributed by atoms with Crippen molar-refractivity contribution in [1.29, 1.82) is 0 Å². The first-order valence-corrected chi connectivity index (χ1v) is 5.59. The van der Waals surface area contributed by atoms with Crippen LogP contribution in [0.2, 0.25) is 0 Å². The van der Waals surface area contributed by atoms with Gasteiger partial charge in [0.15, 0.2) is 0 Å². The second-order valence-electron chi connectivity index (χ2n) is 2.38. The molecule has 0 heterocycles. The van der Waals surface area contributed by atoms with E-state index in [4.69, 9.17) is 9.47 Å². The SMILES string of the molecule is COCCNP(=O)(O)NCCOC. The zero-order chi connectivity index (χ0) is 10.2. The van der Waals surface area contributed by atoms with Crippen LogP contribution in [0, 0.1) is 0 Å². The van der Waals surface area contributed by atoms with Gasteiger partial charge in [-0.05, 0) is 0 Å². The van der Waals surface area contributed by atoms with Crippen LogP contribution in [0.1, 0.15) is 0 Å². The van der Waals surface area contributed by atoms with Crippen molar-refractivity contribution in [1.82, 2.24) is 10.2 Å². The molecule has 0 aliphatic rings. The minimum absolute atomic E-state index is 0.338. The molecular weight excluding hydrogens is 195 g/mol. The van der Waals surface area contributed by atoms with E-state index in [2.05, 4.69) is 10.2 Å². The molecule has 13 heavy (non-hydrogen) atoms. The van der Waals surface area contributed by atoms with Gasteiger partial charge in [0.1, 0.15) is 0 Å². The largest absolute Gasteiger partial charge is 0.383 e. The highest BCUT2D eigenvalue weighted by Crippen LogP contribution is 2.27. The van der Waals surface area contributed by atoms with Crippen molar-refractivity contribution in [2.75, 3.05) is 40.5 Å². The van der Waals surface area contributed by atoms with Gasteiger partial charge in [-0.3, -0.25) is 4.57 Å². The third-order valence-corrected chi connectivity index (χ3v) is 2.57. The summed E-state index contributed by atoms with van der Waals surface area (Å²) in [7, 11) is -0.352. The van der Waals surface area contributed by atoms with Crippen molar-refractivity contribution in [3.63, 3.8) is 0 Å². The van der Waals surface area contributed by atoms with E-state index < -0.39 is 7.67 Å². The zero-order valence-electron chi connectivity index (χ0n) is 7.95. The van der Waals surface area contributed by atoms with Crippen LogP contribution in [0.15, 0.2) is 0 Å². The summed E-state index contributed by atoms with van der Waals surface area (Å²) in [6.45, 7) is 1.47. The Kier molecular flexibility index (Phi) is 7.45. The number of rotatable bonds is 8. The molecular formula is C6H17N2O4P. The fourth-order valence-corrected chi connectivity index (χ4v) is 1.55. The Labute approximate surface area is 78.2 Å². The summed E-state index contributed by atoms with van der Waals surface area (Å²) in [4.78, 5) is 9.19. The van der Waals surface area contributed by atoms with Crippen molar-refractivity contribution < 1.29 is 18.9 Å². The predicted molar refractivity (Wildman–Crippen MR) is 49.6 cm³/mol. The topological polar surface area (TPSA) is 79.8 Å². The molecule has 0 aliphatic heterocycles. The van der Waals surface area contributed by atoms with Gasteiger partial charge >= 0.3 is 7.67 Å². The Morgan fingerprint density at radius 3 is 1.85 bits per heavy atom. The van der Waals surface area contributed by atoms with Gasteiger partial charge in [0.2, 0.25) is 0 Å². The second kappa shape index (κ2) is 7.44. The first-order valence-electron chi connectivity index (χ1n) is 3.93. The third-order valence-electron chi connectivity index (χ3n) is 1.26. The molecule has 0 aromatic rings. The fourth-order valence-electron chi connectivity index (χ4n) is 0.654. The van der Waals surface area contributed by atoms with Crippen molar-refractivity contribution in [2.45, 2.75) is 0 Å². The summed E-state index contributed by atoms with van der Waals surface area (Å²) in [5, 5.41) is 4.88. The zero-order valence-corrected chi connectivity index (χ0v) is 8.84. The van der Waals surface area contributed by atoms with Gasteiger partial charge in [-0.15, -0.1) is 0 Å². The molecule has 0 aromatic carbocycles. The van der Waals surface area contributed by atoms with Crippen molar-refractivity contribution in [3.05, 3.63) is 0 Å².